The SMILES string of the molecule is COc1ccc2sc(N(CCCN(C)C)C(=O)c3ccc(Cl)cc3)nc2c1.Cl. The van der Waals surface area contributed by atoms with Crippen molar-refractivity contribution in [2.75, 3.05) is 39.2 Å². The van der Waals surface area contributed by atoms with Crippen LogP contribution in [0, 0.1) is 0 Å². The number of methoxy groups -OCH3 is 1. The fourth-order valence-corrected chi connectivity index (χ4v) is 3.81. The average Bonchev–Trinajstić information content (AvgIpc) is 3.07. The first kappa shape index (κ1) is 22.4. The summed E-state index contributed by atoms with van der Waals surface area (Å²) in [5, 5.41) is 1.30. The maximum Gasteiger partial charge on any atom is 0.260 e. The number of ether oxygens (including phenoxy) is 1. The molecule has 5 nitrogen and oxygen atoms in total. The van der Waals surface area contributed by atoms with E-state index in [1.165, 1.54) is 11.3 Å². The Hall–Kier alpha value is -1.86. The lowest BCUT2D eigenvalue weighted by Gasteiger charge is -2.21. The van der Waals surface area contributed by atoms with E-state index in [9.17, 15) is 4.79 Å². The molecule has 0 bridgehead atoms. The first-order chi connectivity index (χ1) is 13.0. The molecule has 1 heterocycles. The van der Waals surface area contributed by atoms with Crippen molar-refractivity contribution in [2.24, 2.45) is 0 Å². The number of anilines is 1. The minimum Gasteiger partial charge on any atom is -0.497 e. The highest BCUT2D eigenvalue weighted by Gasteiger charge is 2.21. The molecule has 0 saturated heterocycles. The molecule has 0 aliphatic carbocycles. The molecule has 3 aromatic rings. The number of aromatic nitrogens is 1. The Bertz CT molecular complexity index is 929. The maximum absolute atomic E-state index is 13.1. The normalized spacial score (nSPS) is 10.8. The molecule has 0 spiro atoms. The minimum absolute atomic E-state index is 0. The van der Waals surface area contributed by atoms with Gasteiger partial charge in [-0.15, -0.1) is 12.4 Å². The van der Waals surface area contributed by atoms with Gasteiger partial charge in [-0.3, -0.25) is 9.69 Å². The summed E-state index contributed by atoms with van der Waals surface area (Å²) in [4.78, 5) is 21.7. The van der Waals surface area contributed by atoms with E-state index in [0.29, 0.717) is 22.3 Å². The van der Waals surface area contributed by atoms with Gasteiger partial charge >= 0.3 is 0 Å². The highest BCUT2D eigenvalue weighted by Crippen LogP contribution is 2.32. The molecule has 0 saturated carbocycles. The van der Waals surface area contributed by atoms with Crippen LogP contribution in [0.1, 0.15) is 16.8 Å². The first-order valence-corrected chi connectivity index (χ1v) is 9.84. The van der Waals surface area contributed by atoms with Crippen molar-refractivity contribution < 1.29 is 9.53 Å². The molecule has 0 aliphatic heterocycles. The van der Waals surface area contributed by atoms with Gasteiger partial charge in [0.2, 0.25) is 0 Å². The number of fused-ring (bicyclic) bond motifs is 1. The molecule has 0 aliphatic rings. The largest absolute Gasteiger partial charge is 0.497 e. The Morgan fingerprint density at radius 2 is 1.86 bits per heavy atom. The highest BCUT2D eigenvalue weighted by molar-refractivity contribution is 7.22. The van der Waals surface area contributed by atoms with E-state index in [1.54, 1.807) is 36.3 Å². The van der Waals surface area contributed by atoms with Crippen LogP contribution in [0.2, 0.25) is 5.02 Å². The average molecular weight is 440 g/mol. The van der Waals surface area contributed by atoms with Crippen LogP contribution in [0.25, 0.3) is 10.2 Å². The van der Waals surface area contributed by atoms with Gasteiger partial charge in [-0.25, -0.2) is 4.98 Å². The Morgan fingerprint density at radius 3 is 2.50 bits per heavy atom. The van der Waals surface area contributed by atoms with E-state index in [0.717, 1.165) is 28.9 Å². The topological polar surface area (TPSA) is 45.7 Å². The van der Waals surface area contributed by atoms with Gasteiger partial charge in [0.15, 0.2) is 5.13 Å². The smallest absolute Gasteiger partial charge is 0.260 e. The van der Waals surface area contributed by atoms with Crippen molar-refractivity contribution in [3.63, 3.8) is 0 Å². The van der Waals surface area contributed by atoms with Gasteiger partial charge in [0.05, 0.1) is 17.3 Å². The summed E-state index contributed by atoms with van der Waals surface area (Å²) in [6, 6.07) is 12.7. The molecule has 0 radical (unpaired) electrons. The molecule has 0 fully saturated rings. The van der Waals surface area contributed by atoms with E-state index in [-0.39, 0.29) is 18.3 Å². The Morgan fingerprint density at radius 1 is 1.14 bits per heavy atom. The van der Waals surface area contributed by atoms with E-state index in [2.05, 4.69) is 9.88 Å². The number of carbonyl (C=O) groups is 1. The number of thiazole rings is 1. The lowest BCUT2D eigenvalue weighted by atomic mass is 10.2. The summed E-state index contributed by atoms with van der Waals surface area (Å²) in [6.07, 6.45) is 0.853. The molecule has 28 heavy (non-hydrogen) atoms. The van der Waals surface area contributed by atoms with E-state index < -0.39 is 0 Å². The molecule has 3 rings (SSSR count). The second-order valence-corrected chi connectivity index (χ2v) is 7.90. The lowest BCUT2D eigenvalue weighted by molar-refractivity contribution is 0.0986. The van der Waals surface area contributed by atoms with Crippen LogP contribution in [0.3, 0.4) is 0 Å². The van der Waals surface area contributed by atoms with Gasteiger partial charge in [0.1, 0.15) is 5.75 Å². The summed E-state index contributed by atoms with van der Waals surface area (Å²) in [5.41, 5.74) is 1.43. The number of carbonyl (C=O) groups excluding carboxylic acids is 1. The molecule has 0 N–H and O–H groups in total. The van der Waals surface area contributed by atoms with Crippen LogP contribution in [-0.4, -0.2) is 50.1 Å². The van der Waals surface area contributed by atoms with Crippen molar-refractivity contribution in [3.8, 4) is 5.75 Å². The highest BCUT2D eigenvalue weighted by atomic mass is 35.5. The van der Waals surface area contributed by atoms with Crippen LogP contribution in [0.15, 0.2) is 42.5 Å². The molecule has 2 aromatic carbocycles. The molecule has 8 heteroatoms. The van der Waals surface area contributed by atoms with E-state index in [1.807, 2.05) is 32.3 Å². The Kier molecular flexibility index (Phi) is 8.07. The summed E-state index contributed by atoms with van der Waals surface area (Å²) >= 11 is 7.47. The number of benzene rings is 2. The molecule has 150 valence electrons. The summed E-state index contributed by atoms with van der Waals surface area (Å²) < 4.78 is 6.30. The van der Waals surface area contributed by atoms with Gasteiger partial charge in [0, 0.05) is 23.2 Å². The van der Waals surface area contributed by atoms with Crippen LogP contribution in [-0.2, 0) is 0 Å². The molecular formula is C20H23Cl2N3O2S. The third kappa shape index (κ3) is 5.35. The molecule has 1 amide bonds. The second kappa shape index (κ2) is 10.1. The van der Waals surface area contributed by atoms with Crippen molar-refractivity contribution in [2.45, 2.75) is 6.42 Å². The second-order valence-electron chi connectivity index (χ2n) is 6.45. The van der Waals surface area contributed by atoms with Crippen molar-refractivity contribution in [3.05, 3.63) is 53.1 Å². The third-order valence-electron chi connectivity index (χ3n) is 4.14. The number of hydrogen-bond acceptors (Lipinski definition) is 5. The monoisotopic (exact) mass is 439 g/mol. The van der Waals surface area contributed by atoms with Gasteiger partial charge in [-0.2, -0.15) is 0 Å². The molecule has 0 unspecified atom stereocenters. The zero-order chi connectivity index (χ0) is 19.4. The van der Waals surface area contributed by atoms with Crippen LogP contribution < -0.4 is 9.64 Å². The first-order valence-electron chi connectivity index (χ1n) is 8.64. The zero-order valence-electron chi connectivity index (χ0n) is 16.0. The summed E-state index contributed by atoms with van der Waals surface area (Å²) in [5.74, 6) is 0.680. The summed E-state index contributed by atoms with van der Waals surface area (Å²) in [7, 11) is 5.68. The molecule has 1 aromatic heterocycles. The number of halogens is 2. The third-order valence-corrected chi connectivity index (χ3v) is 5.45. The minimum atomic E-state index is -0.0727. The molecule has 0 atom stereocenters. The quantitative estimate of drug-likeness (QED) is 0.520. The molecular weight excluding hydrogens is 417 g/mol. The van der Waals surface area contributed by atoms with Crippen molar-refractivity contribution >= 4 is 56.6 Å². The van der Waals surface area contributed by atoms with E-state index in [4.69, 9.17) is 16.3 Å². The predicted molar refractivity (Wildman–Crippen MR) is 120 cm³/mol. The van der Waals surface area contributed by atoms with E-state index >= 15 is 0 Å². The number of nitrogens with zero attached hydrogens (tertiary/aromatic N) is 3. The standard InChI is InChI=1S/C20H22ClN3O2S.ClH/c1-23(2)11-4-12-24(19(25)14-5-7-15(21)8-6-14)20-22-17-13-16(26-3)9-10-18(17)27-20;/h5-10,13H,4,11-12H2,1-3H3;1H. The Labute approximate surface area is 180 Å². The van der Waals surface area contributed by atoms with Gasteiger partial charge < -0.3 is 9.64 Å². The fourth-order valence-electron chi connectivity index (χ4n) is 2.71. The van der Waals surface area contributed by atoms with Gasteiger partial charge in [-0.1, -0.05) is 22.9 Å². The van der Waals surface area contributed by atoms with Gasteiger partial charge in [-0.05, 0) is 63.5 Å². The summed E-state index contributed by atoms with van der Waals surface area (Å²) in [6.45, 7) is 1.49. The lowest BCUT2D eigenvalue weighted by Crippen LogP contribution is -2.33. The van der Waals surface area contributed by atoms with Crippen molar-refractivity contribution in [1.82, 2.24) is 9.88 Å². The van der Waals surface area contributed by atoms with Crippen molar-refractivity contribution in [1.29, 1.82) is 0 Å². The predicted octanol–water partition coefficient (Wildman–Crippen LogP) is 4.98. The van der Waals surface area contributed by atoms with Crippen LogP contribution in [0.4, 0.5) is 5.13 Å². The number of rotatable bonds is 7. The maximum atomic E-state index is 13.1. The van der Waals surface area contributed by atoms with Crippen LogP contribution in [0.5, 0.6) is 5.75 Å². The Balaban J connectivity index is 0.00000280. The van der Waals surface area contributed by atoms with Crippen LogP contribution >= 0.6 is 35.3 Å². The number of amides is 1. The zero-order valence-corrected chi connectivity index (χ0v) is 18.4. The fraction of sp³-hybridized carbons (Fsp3) is 0.300. The van der Waals surface area contributed by atoms with Gasteiger partial charge in [0.25, 0.3) is 5.91 Å². The number of hydrogen-bond donors (Lipinski definition) is 0.